The zero-order chi connectivity index (χ0) is 12.4. The second-order valence-corrected chi connectivity index (χ2v) is 18.3. The molecule has 0 radical (unpaired) electrons. The van der Waals surface area contributed by atoms with E-state index in [9.17, 15) is 5.11 Å². The Bertz CT molecular complexity index is 335. The van der Waals surface area contributed by atoms with Crippen LogP contribution in [0.5, 0.6) is 0 Å². The standard InChI is InChI=1S/C13H26OSi2/c1-15(2,3)9-11-12(14)7-10-8-13(10,11)16(4,5)6/h9-10,12,14H,7-8H2,1-6H3/b11-9+/t10-,12-,13-/m0/s1. The van der Waals surface area contributed by atoms with Gasteiger partial charge in [0.15, 0.2) is 0 Å². The quantitative estimate of drug-likeness (QED) is 0.746. The number of rotatable bonds is 2. The molecule has 2 rings (SSSR count). The van der Waals surface area contributed by atoms with E-state index >= 15 is 0 Å². The van der Waals surface area contributed by atoms with Crippen LogP contribution in [0.2, 0.25) is 44.3 Å². The molecule has 0 bridgehead atoms. The van der Waals surface area contributed by atoms with Gasteiger partial charge in [0.1, 0.15) is 0 Å². The smallest absolute Gasteiger partial charge is 0.0752 e. The molecule has 2 aliphatic rings. The summed E-state index contributed by atoms with van der Waals surface area (Å²) in [4.78, 5) is 0. The molecular weight excluding hydrogens is 228 g/mol. The third-order valence-corrected chi connectivity index (χ3v) is 9.17. The topological polar surface area (TPSA) is 20.2 Å². The summed E-state index contributed by atoms with van der Waals surface area (Å²) < 4.78 is 0. The zero-order valence-electron chi connectivity index (χ0n) is 11.6. The summed E-state index contributed by atoms with van der Waals surface area (Å²) in [6.45, 7) is 14.6. The maximum Gasteiger partial charge on any atom is 0.0752 e. The monoisotopic (exact) mass is 254 g/mol. The number of aliphatic hydroxyl groups excluding tert-OH is 1. The van der Waals surface area contributed by atoms with Gasteiger partial charge in [-0.2, -0.15) is 0 Å². The van der Waals surface area contributed by atoms with Gasteiger partial charge >= 0.3 is 0 Å². The Kier molecular flexibility index (Phi) is 2.62. The largest absolute Gasteiger partial charge is 0.389 e. The van der Waals surface area contributed by atoms with E-state index in [1.165, 1.54) is 12.0 Å². The molecule has 0 aromatic heterocycles. The summed E-state index contributed by atoms with van der Waals surface area (Å²) in [5.74, 6) is 0.816. The van der Waals surface area contributed by atoms with Gasteiger partial charge in [-0.1, -0.05) is 45.0 Å². The minimum Gasteiger partial charge on any atom is -0.389 e. The molecule has 3 atom stereocenters. The van der Waals surface area contributed by atoms with E-state index in [0.29, 0.717) is 5.04 Å². The molecule has 16 heavy (non-hydrogen) atoms. The predicted octanol–water partition coefficient (Wildman–Crippen LogP) is 3.65. The van der Waals surface area contributed by atoms with Crippen LogP contribution in [-0.2, 0) is 0 Å². The summed E-state index contributed by atoms with van der Waals surface area (Å²) in [6.07, 6.45) is 2.30. The lowest BCUT2D eigenvalue weighted by Gasteiger charge is -2.32. The van der Waals surface area contributed by atoms with Gasteiger partial charge in [-0.05, 0) is 29.4 Å². The number of hydrogen-bond donors (Lipinski definition) is 1. The van der Waals surface area contributed by atoms with Crippen molar-refractivity contribution in [2.75, 3.05) is 0 Å². The van der Waals surface area contributed by atoms with Crippen molar-refractivity contribution < 1.29 is 5.11 Å². The summed E-state index contributed by atoms with van der Waals surface area (Å²) >= 11 is 0. The number of aliphatic hydroxyl groups is 1. The van der Waals surface area contributed by atoms with Gasteiger partial charge in [0, 0.05) is 0 Å². The highest BCUT2D eigenvalue weighted by Gasteiger charge is 2.68. The van der Waals surface area contributed by atoms with Crippen LogP contribution in [-0.4, -0.2) is 27.4 Å². The number of fused-ring (bicyclic) bond motifs is 1. The van der Waals surface area contributed by atoms with E-state index in [1.54, 1.807) is 0 Å². The Hall–Kier alpha value is 0.134. The van der Waals surface area contributed by atoms with Crippen molar-refractivity contribution in [1.82, 2.24) is 0 Å². The maximum atomic E-state index is 10.3. The first-order valence-corrected chi connectivity index (χ1v) is 13.6. The summed E-state index contributed by atoms with van der Waals surface area (Å²) in [5, 5.41) is 10.7. The van der Waals surface area contributed by atoms with E-state index in [1.807, 2.05) is 0 Å². The molecule has 2 fully saturated rings. The Balaban J connectivity index is 2.40. The van der Waals surface area contributed by atoms with Crippen LogP contribution in [0.4, 0.5) is 0 Å². The molecule has 0 aromatic rings. The van der Waals surface area contributed by atoms with Gasteiger partial charge < -0.3 is 5.11 Å². The first kappa shape index (κ1) is 12.6. The molecule has 3 heteroatoms. The van der Waals surface area contributed by atoms with E-state index in [4.69, 9.17) is 0 Å². The fraction of sp³-hybridized carbons (Fsp3) is 0.846. The van der Waals surface area contributed by atoms with Crippen molar-refractivity contribution in [3.8, 4) is 0 Å². The van der Waals surface area contributed by atoms with E-state index in [0.717, 1.165) is 12.3 Å². The molecule has 0 amide bonds. The maximum absolute atomic E-state index is 10.3. The Morgan fingerprint density at radius 1 is 1.19 bits per heavy atom. The van der Waals surface area contributed by atoms with Crippen molar-refractivity contribution in [3.63, 3.8) is 0 Å². The second kappa shape index (κ2) is 3.33. The average Bonchev–Trinajstić information content (AvgIpc) is 2.66. The zero-order valence-corrected chi connectivity index (χ0v) is 13.6. The normalized spacial score (nSPS) is 41.3. The van der Waals surface area contributed by atoms with E-state index in [2.05, 4.69) is 45.0 Å². The van der Waals surface area contributed by atoms with Gasteiger partial charge in [0.2, 0.25) is 0 Å². The fourth-order valence-electron chi connectivity index (χ4n) is 3.70. The Morgan fingerprint density at radius 3 is 2.19 bits per heavy atom. The molecule has 2 aliphatic carbocycles. The SMILES string of the molecule is C[Si](C)(C)/C=C1\[C@@H](O)C[C@H]2C[C@@]12[Si](C)(C)C. The highest BCUT2D eigenvalue weighted by atomic mass is 28.3. The van der Waals surface area contributed by atoms with Crippen LogP contribution < -0.4 is 0 Å². The van der Waals surface area contributed by atoms with Crippen molar-refractivity contribution in [1.29, 1.82) is 0 Å². The van der Waals surface area contributed by atoms with Crippen LogP contribution in [0.1, 0.15) is 12.8 Å². The van der Waals surface area contributed by atoms with Gasteiger partial charge in [-0.3, -0.25) is 0 Å². The lowest BCUT2D eigenvalue weighted by atomic mass is 10.1. The van der Waals surface area contributed by atoms with Crippen molar-refractivity contribution in [2.45, 2.75) is 63.3 Å². The second-order valence-electron chi connectivity index (χ2n) is 7.84. The molecule has 0 unspecified atom stereocenters. The van der Waals surface area contributed by atoms with E-state index < -0.39 is 16.1 Å². The van der Waals surface area contributed by atoms with Gasteiger partial charge in [-0.15, -0.1) is 0 Å². The molecule has 0 heterocycles. The van der Waals surface area contributed by atoms with Crippen LogP contribution >= 0.6 is 0 Å². The lowest BCUT2D eigenvalue weighted by molar-refractivity contribution is 0.206. The Labute approximate surface area is 102 Å². The van der Waals surface area contributed by atoms with Crippen LogP contribution in [0, 0.1) is 5.92 Å². The molecular formula is C13H26OSi2. The highest BCUT2D eigenvalue weighted by molar-refractivity contribution is 6.83. The minimum absolute atomic E-state index is 0.114. The van der Waals surface area contributed by atoms with Crippen LogP contribution in [0.3, 0.4) is 0 Å². The van der Waals surface area contributed by atoms with Gasteiger partial charge in [-0.25, -0.2) is 0 Å². The van der Waals surface area contributed by atoms with Crippen molar-refractivity contribution >= 4 is 16.1 Å². The molecule has 0 spiro atoms. The predicted molar refractivity (Wildman–Crippen MR) is 76.2 cm³/mol. The molecule has 92 valence electrons. The van der Waals surface area contributed by atoms with E-state index in [-0.39, 0.29) is 6.10 Å². The molecule has 0 aromatic carbocycles. The highest BCUT2D eigenvalue weighted by Crippen LogP contribution is 2.76. The van der Waals surface area contributed by atoms with Crippen LogP contribution in [0.15, 0.2) is 11.3 Å². The number of hydrogen-bond acceptors (Lipinski definition) is 1. The summed E-state index contributed by atoms with van der Waals surface area (Å²) in [5.41, 5.74) is 3.96. The van der Waals surface area contributed by atoms with Gasteiger partial charge in [0.25, 0.3) is 0 Å². The molecule has 2 saturated carbocycles. The Morgan fingerprint density at radius 2 is 1.75 bits per heavy atom. The molecule has 0 saturated heterocycles. The van der Waals surface area contributed by atoms with Crippen molar-refractivity contribution in [2.24, 2.45) is 5.92 Å². The average molecular weight is 255 g/mol. The fourth-order valence-corrected chi connectivity index (χ4v) is 8.54. The lowest BCUT2D eigenvalue weighted by Crippen LogP contribution is -2.34. The summed E-state index contributed by atoms with van der Waals surface area (Å²) in [6, 6.07) is 0. The van der Waals surface area contributed by atoms with Crippen LogP contribution in [0.25, 0.3) is 0 Å². The first-order chi connectivity index (χ1) is 7.08. The summed E-state index contributed by atoms with van der Waals surface area (Å²) in [7, 11) is -2.39. The third kappa shape index (κ3) is 1.77. The minimum atomic E-state index is -1.20. The first-order valence-electron chi connectivity index (χ1n) is 6.49. The van der Waals surface area contributed by atoms with Gasteiger partial charge in [0.05, 0.1) is 22.3 Å². The van der Waals surface area contributed by atoms with Crippen molar-refractivity contribution in [3.05, 3.63) is 11.3 Å². The molecule has 1 N–H and O–H groups in total. The molecule has 1 nitrogen and oxygen atoms in total. The third-order valence-electron chi connectivity index (χ3n) is 4.41. The molecule has 0 aliphatic heterocycles.